The molecule has 90 valence electrons. The van der Waals surface area contributed by atoms with E-state index in [2.05, 4.69) is 0 Å². The number of benzene rings is 2. The summed E-state index contributed by atoms with van der Waals surface area (Å²) in [5.41, 5.74) is 3.98. The summed E-state index contributed by atoms with van der Waals surface area (Å²) in [5.74, 6) is 0. The zero-order valence-corrected chi connectivity index (χ0v) is 10.0. The minimum absolute atomic E-state index is 0.342. The van der Waals surface area contributed by atoms with Crippen molar-refractivity contribution >= 4 is 12.6 Å². The van der Waals surface area contributed by atoms with Crippen LogP contribution in [0.2, 0.25) is 0 Å². The summed E-state index contributed by atoms with van der Waals surface area (Å²) in [4.78, 5) is 21.5. The Morgan fingerprint density at radius 2 is 1.50 bits per heavy atom. The second kappa shape index (κ2) is 5.92. The Bertz CT molecular complexity index is 544. The first kappa shape index (κ1) is 12.2. The fraction of sp³-hybridized carbons (Fsp3) is 0.125. The molecule has 0 radical (unpaired) electrons. The molecule has 2 aromatic carbocycles. The molecule has 0 unspecified atom stereocenters. The lowest BCUT2D eigenvalue weighted by Gasteiger charge is -2.11. The van der Waals surface area contributed by atoms with Crippen LogP contribution in [0.15, 0.2) is 48.5 Å². The molecule has 0 atom stereocenters. The number of hydrogen-bond acceptors (Lipinski definition) is 2. The first-order valence-electron chi connectivity index (χ1n) is 5.90. The van der Waals surface area contributed by atoms with Crippen molar-refractivity contribution in [3.8, 4) is 11.1 Å². The number of aldehydes is 2. The Morgan fingerprint density at radius 3 is 2.17 bits per heavy atom. The molecule has 0 aliphatic carbocycles. The van der Waals surface area contributed by atoms with Crippen LogP contribution in [0.3, 0.4) is 0 Å². The van der Waals surface area contributed by atoms with Crippen molar-refractivity contribution in [1.29, 1.82) is 0 Å². The van der Waals surface area contributed by atoms with Gasteiger partial charge in [0, 0.05) is 12.8 Å². The van der Waals surface area contributed by atoms with Crippen LogP contribution in [-0.4, -0.2) is 12.6 Å². The fourth-order valence-electron chi connectivity index (χ4n) is 2.13. The molecule has 0 fully saturated rings. The van der Waals surface area contributed by atoms with Crippen LogP contribution in [0.5, 0.6) is 0 Å². The Morgan fingerprint density at radius 1 is 0.778 bits per heavy atom. The highest BCUT2D eigenvalue weighted by Crippen LogP contribution is 2.26. The minimum atomic E-state index is 0.342. The standard InChI is InChI=1S/C16H14O2/c17-11-9-14-7-4-8-15(16(14)10-12-18)13-5-2-1-3-6-13/h1-8,11-12H,9-10H2. The van der Waals surface area contributed by atoms with E-state index >= 15 is 0 Å². The van der Waals surface area contributed by atoms with E-state index in [4.69, 9.17) is 0 Å². The molecule has 2 nitrogen and oxygen atoms in total. The van der Waals surface area contributed by atoms with Gasteiger partial charge in [-0.05, 0) is 22.3 Å². The molecule has 0 aromatic heterocycles. The third kappa shape index (κ3) is 2.54. The Balaban J connectivity index is 2.55. The molecule has 0 heterocycles. The lowest BCUT2D eigenvalue weighted by atomic mass is 9.92. The Labute approximate surface area is 106 Å². The maximum Gasteiger partial charge on any atom is 0.124 e. The van der Waals surface area contributed by atoms with Gasteiger partial charge in [-0.2, -0.15) is 0 Å². The van der Waals surface area contributed by atoms with Gasteiger partial charge in [0.1, 0.15) is 12.6 Å². The first-order valence-corrected chi connectivity index (χ1v) is 5.90. The summed E-state index contributed by atoms with van der Waals surface area (Å²) in [7, 11) is 0. The van der Waals surface area contributed by atoms with Gasteiger partial charge in [0.05, 0.1) is 0 Å². The Hall–Kier alpha value is -2.22. The number of rotatable bonds is 5. The molecule has 0 saturated heterocycles. The van der Waals surface area contributed by atoms with Gasteiger partial charge < -0.3 is 9.59 Å². The van der Waals surface area contributed by atoms with Crippen LogP contribution >= 0.6 is 0 Å². The lowest BCUT2D eigenvalue weighted by molar-refractivity contribution is -0.108. The smallest absolute Gasteiger partial charge is 0.124 e. The van der Waals surface area contributed by atoms with Crippen molar-refractivity contribution in [3.05, 3.63) is 59.7 Å². The number of hydrogen-bond donors (Lipinski definition) is 0. The molecular formula is C16H14O2. The fourth-order valence-corrected chi connectivity index (χ4v) is 2.13. The van der Waals surface area contributed by atoms with Crippen molar-refractivity contribution in [2.24, 2.45) is 0 Å². The quantitative estimate of drug-likeness (QED) is 0.751. The lowest BCUT2D eigenvalue weighted by Crippen LogP contribution is -1.99. The van der Waals surface area contributed by atoms with Crippen molar-refractivity contribution < 1.29 is 9.59 Å². The van der Waals surface area contributed by atoms with Gasteiger partial charge in [-0.25, -0.2) is 0 Å². The second-order valence-electron chi connectivity index (χ2n) is 4.05. The molecule has 0 aliphatic heterocycles. The van der Waals surface area contributed by atoms with Crippen LogP contribution in [0.4, 0.5) is 0 Å². The molecule has 0 aliphatic rings. The molecular weight excluding hydrogens is 224 g/mol. The van der Waals surface area contributed by atoms with Crippen molar-refractivity contribution in [2.45, 2.75) is 12.8 Å². The van der Waals surface area contributed by atoms with Crippen molar-refractivity contribution in [1.82, 2.24) is 0 Å². The predicted octanol–water partition coefficient (Wildman–Crippen LogP) is 2.84. The van der Waals surface area contributed by atoms with E-state index < -0.39 is 0 Å². The van der Waals surface area contributed by atoms with E-state index in [-0.39, 0.29) is 0 Å². The van der Waals surface area contributed by atoms with Crippen LogP contribution in [0.25, 0.3) is 11.1 Å². The summed E-state index contributed by atoms with van der Waals surface area (Å²) >= 11 is 0. The monoisotopic (exact) mass is 238 g/mol. The first-order chi connectivity index (χ1) is 8.86. The van der Waals surface area contributed by atoms with Crippen molar-refractivity contribution in [2.75, 3.05) is 0 Å². The molecule has 0 saturated carbocycles. The zero-order chi connectivity index (χ0) is 12.8. The largest absolute Gasteiger partial charge is 0.303 e. The van der Waals surface area contributed by atoms with Gasteiger partial charge in [0.15, 0.2) is 0 Å². The summed E-state index contributed by atoms with van der Waals surface area (Å²) in [5, 5.41) is 0. The van der Waals surface area contributed by atoms with Gasteiger partial charge in [0.2, 0.25) is 0 Å². The molecule has 2 aromatic rings. The minimum Gasteiger partial charge on any atom is -0.303 e. The second-order valence-corrected chi connectivity index (χ2v) is 4.05. The van der Waals surface area contributed by atoms with Crippen LogP contribution < -0.4 is 0 Å². The highest BCUT2D eigenvalue weighted by atomic mass is 16.1. The van der Waals surface area contributed by atoms with Crippen LogP contribution in [-0.2, 0) is 22.4 Å². The highest BCUT2D eigenvalue weighted by Gasteiger charge is 2.09. The summed E-state index contributed by atoms with van der Waals surface area (Å²) in [6, 6.07) is 15.7. The molecule has 2 rings (SSSR count). The molecule has 2 heteroatoms. The van der Waals surface area contributed by atoms with Gasteiger partial charge in [-0.3, -0.25) is 0 Å². The third-order valence-corrected chi connectivity index (χ3v) is 2.95. The van der Waals surface area contributed by atoms with E-state index in [1.165, 1.54) is 0 Å². The normalized spacial score (nSPS) is 10.0. The van der Waals surface area contributed by atoms with Gasteiger partial charge in [-0.15, -0.1) is 0 Å². The molecule has 0 N–H and O–H groups in total. The zero-order valence-electron chi connectivity index (χ0n) is 10.0. The molecule has 18 heavy (non-hydrogen) atoms. The SMILES string of the molecule is O=CCc1cccc(-c2ccccc2)c1CC=O. The maximum atomic E-state index is 10.8. The predicted molar refractivity (Wildman–Crippen MR) is 71.4 cm³/mol. The average Bonchev–Trinajstić information content (AvgIpc) is 2.42. The van der Waals surface area contributed by atoms with Crippen LogP contribution in [0, 0.1) is 0 Å². The molecule has 0 spiro atoms. The molecule has 0 bridgehead atoms. The average molecular weight is 238 g/mol. The van der Waals surface area contributed by atoms with E-state index in [0.29, 0.717) is 12.8 Å². The van der Waals surface area contributed by atoms with E-state index in [1.807, 2.05) is 48.5 Å². The van der Waals surface area contributed by atoms with Gasteiger partial charge in [-0.1, -0.05) is 48.5 Å². The summed E-state index contributed by atoms with van der Waals surface area (Å²) in [6.07, 6.45) is 2.45. The Kier molecular flexibility index (Phi) is 4.02. The van der Waals surface area contributed by atoms with Gasteiger partial charge >= 0.3 is 0 Å². The van der Waals surface area contributed by atoms with E-state index in [1.54, 1.807) is 0 Å². The highest BCUT2D eigenvalue weighted by molar-refractivity contribution is 5.74. The van der Waals surface area contributed by atoms with E-state index in [9.17, 15) is 9.59 Å². The van der Waals surface area contributed by atoms with Crippen molar-refractivity contribution in [3.63, 3.8) is 0 Å². The van der Waals surface area contributed by atoms with Crippen LogP contribution in [0.1, 0.15) is 11.1 Å². The summed E-state index contributed by atoms with van der Waals surface area (Å²) < 4.78 is 0. The summed E-state index contributed by atoms with van der Waals surface area (Å²) in [6.45, 7) is 0. The maximum absolute atomic E-state index is 10.8. The number of carbonyl (C=O) groups excluding carboxylic acids is 2. The molecule has 0 amide bonds. The number of carbonyl (C=O) groups is 2. The van der Waals surface area contributed by atoms with E-state index in [0.717, 1.165) is 34.8 Å². The van der Waals surface area contributed by atoms with Gasteiger partial charge in [0.25, 0.3) is 0 Å². The topological polar surface area (TPSA) is 34.1 Å². The third-order valence-electron chi connectivity index (χ3n) is 2.95.